The Labute approximate surface area is 378 Å². The third-order valence-corrected chi connectivity index (χ3v) is 12.4. The van der Waals surface area contributed by atoms with Crippen molar-refractivity contribution in [1.82, 2.24) is 4.90 Å². The van der Waals surface area contributed by atoms with Gasteiger partial charge in [0, 0.05) is 45.6 Å². The summed E-state index contributed by atoms with van der Waals surface area (Å²) in [6.45, 7) is 15.7. The van der Waals surface area contributed by atoms with Crippen LogP contribution in [0.3, 0.4) is 0 Å². The molecular weight excluding hydrogens is 838 g/mol. The van der Waals surface area contributed by atoms with Gasteiger partial charge in [0.05, 0.1) is 36.9 Å². The molecule has 18 heteroatoms. The van der Waals surface area contributed by atoms with Crippen molar-refractivity contribution >= 4 is 30.2 Å². The number of cyclic esters (lactones) is 1. The van der Waals surface area contributed by atoms with Gasteiger partial charge in [0.15, 0.2) is 18.7 Å². The number of hydrogen-bond donors (Lipinski definition) is 2. The molecule has 64 heavy (non-hydrogen) atoms. The molecule has 0 aromatic heterocycles. The fourth-order valence-corrected chi connectivity index (χ4v) is 9.04. The molecule has 4 rings (SSSR count). The molecule has 3 fully saturated rings. The van der Waals surface area contributed by atoms with Gasteiger partial charge in [-0.15, -0.1) is 0 Å². The van der Waals surface area contributed by atoms with Crippen molar-refractivity contribution in [2.45, 2.75) is 211 Å². The van der Waals surface area contributed by atoms with Gasteiger partial charge in [-0.25, -0.2) is 0 Å². The summed E-state index contributed by atoms with van der Waals surface area (Å²) in [5.74, 6) is -3.26. The number of nitrogens with zero attached hydrogens (tertiary/aromatic N) is 1. The minimum Gasteiger partial charge on any atom is -0.462 e. The van der Waals surface area contributed by atoms with Gasteiger partial charge in [-0.1, -0.05) is 40.7 Å². The largest absolute Gasteiger partial charge is 0.462 e. The summed E-state index contributed by atoms with van der Waals surface area (Å²) in [6.07, 6.45) is -8.04. The first-order chi connectivity index (χ1) is 30.1. The number of carbonyl (C=O) groups excluding carboxylic acids is 5. The molecule has 0 aromatic carbocycles. The van der Waals surface area contributed by atoms with Gasteiger partial charge in [0.1, 0.15) is 54.6 Å². The van der Waals surface area contributed by atoms with Gasteiger partial charge in [-0.05, 0) is 72.0 Å². The summed E-state index contributed by atoms with van der Waals surface area (Å²) in [7, 11) is 4.86. The maximum Gasteiger partial charge on any atom is 0.309 e. The zero-order chi connectivity index (χ0) is 47.6. The Balaban J connectivity index is 1.70. The number of carbonyl (C=O) groups is 5. The third kappa shape index (κ3) is 14.7. The number of ether oxygens (including phenoxy) is 10. The maximum atomic E-state index is 13.6. The van der Waals surface area contributed by atoms with E-state index in [0.29, 0.717) is 6.42 Å². The number of aldehydes is 1. The summed E-state index contributed by atoms with van der Waals surface area (Å²) in [5, 5.41) is 23.8. The highest BCUT2D eigenvalue weighted by molar-refractivity contribution is 5.73. The lowest BCUT2D eigenvalue weighted by molar-refractivity contribution is -0.344. The van der Waals surface area contributed by atoms with E-state index in [1.165, 1.54) is 7.11 Å². The van der Waals surface area contributed by atoms with Crippen molar-refractivity contribution in [3.63, 3.8) is 0 Å². The molecular formula is C46H75NO17. The Kier molecular flexibility index (Phi) is 20.2. The molecule has 0 aromatic rings. The van der Waals surface area contributed by atoms with E-state index in [4.69, 9.17) is 47.4 Å². The van der Waals surface area contributed by atoms with E-state index in [-0.39, 0.29) is 56.7 Å². The maximum absolute atomic E-state index is 13.6. The minimum atomic E-state index is -1.52. The number of rotatable bonds is 15. The molecule has 4 heterocycles. The van der Waals surface area contributed by atoms with Crippen LogP contribution in [0.25, 0.3) is 0 Å². The molecule has 3 saturated heterocycles. The lowest BCUT2D eigenvalue weighted by Crippen LogP contribution is -2.66. The Morgan fingerprint density at radius 3 is 2.17 bits per heavy atom. The molecule has 4 aliphatic heterocycles. The average Bonchev–Trinajstić information content (AvgIpc) is 3.94. The first kappa shape index (κ1) is 53.5. The number of aliphatic hydroxyl groups excluding tert-OH is 1. The molecule has 2 N–H and O–H groups in total. The van der Waals surface area contributed by atoms with Crippen molar-refractivity contribution < 1.29 is 81.6 Å². The second-order valence-corrected chi connectivity index (χ2v) is 18.7. The normalized spacial score (nSPS) is 39.9. The van der Waals surface area contributed by atoms with Crippen LogP contribution < -0.4 is 0 Å². The van der Waals surface area contributed by atoms with Crippen molar-refractivity contribution in [2.24, 2.45) is 17.8 Å². The first-order valence-corrected chi connectivity index (χ1v) is 22.9. The summed E-state index contributed by atoms with van der Waals surface area (Å²) in [5.41, 5.74) is -1.52. The van der Waals surface area contributed by atoms with Gasteiger partial charge in [0.25, 0.3) is 0 Å². The van der Waals surface area contributed by atoms with Gasteiger partial charge in [0.2, 0.25) is 0 Å². The topological polar surface area (TPSA) is 225 Å². The number of epoxide rings is 1. The minimum absolute atomic E-state index is 0.0212. The molecule has 0 radical (unpaired) electrons. The SMILES string of the molecule is CCC(=O)OC1C=C[C@H]2O[C@@H]2C[C@@H](C)OC(=O)C[C@@H](OC(=O)CC)[C@@H](OC)C(O[C@H]2O[C@H](C)[C@H](O[C@H]3C[C@](C)(O)[C@@H](OC(=O)CC(C)C)[C@H](C)O3)[C@@H](N(C)C)[C@@H]2O)[C@@H](CC=O)C[C@H]1C. The molecule has 0 amide bonds. The van der Waals surface area contributed by atoms with Gasteiger partial charge in [-0.3, -0.25) is 19.2 Å². The lowest BCUT2D eigenvalue weighted by atomic mass is 9.82. The van der Waals surface area contributed by atoms with Crippen LogP contribution in [-0.2, 0) is 71.3 Å². The van der Waals surface area contributed by atoms with E-state index in [2.05, 4.69) is 0 Å². The van der Waals surface area contributed by atoms with Gasteiger partial charge in [-0.2, -0.15) is 0 Å². The highest BCUT2D eigenvalue weighted by Crippen LogP contribution is 2.38. The molecule has 0 spiro atoms. The van der Waals surface area contributed by atoms with E-state index < -0.39 is 127 Å². The quantitative estimate of drug-likeness (QED) is 0.0788. The monoisotopic (exact) mass is 914 g/mol. The predicted molar refractivity (Wildman–Crippen MR) is 228 cm³/mol. The number of likely N-dealkylation sites (N-methyl/N-ethyl adjacent to an activating group) is 1. The number of fused-ring (bicyclic) bond motifs is 1. The molecule has 4 aliphatic rings. The van der Waals surface area contributed by atoms with Crippen molar-refractivity contribution in [2.75, 3.05) is 21.2 Å². The van der Waals surface area contributed by atoms with Crippen LogP contribution in [0.15, 0.2) is 12.2 Å². The Bertz CT molecular complexity index is 1570. The highest BCUT2D eigenvalue weighted by atomic mass is 16.7. The second-order valence-electron chi connectivity index (χ2n) is 18.7. The number of hydrogen-bond acceptors (Lipinski definition) is 18. The number of aliphatic hydroxyl groups is 2. The molecule has 18 atom stereocenters. The van der Waals surface area contributed by atoms with Crippen LogP contribution in [0.2, 0.25) is 0 Å². The van der Waals surface area contributed by atoms with E-state index in [9.17, 15) is 34.2 Å². The smallest absolute Gasteiger partial charge is 0.309 e. The fraction of sp³-hybridized carbons (Fsp3) is 0.848. The average molecular weight is 914 g/mol. The van der Waals surface area contributed by atoms with Gasteiger partial charge >= 0.3 is 23.9 Å². The molecule has 2 unspecified atom stereocenters. The molecule has 18 nitrogen and oxygen atoms in total. The molecule has 0 aliphatic carbocycles. The van der Waals surface area contributed by atoms with Gasteiger partial charge < -0.3 is 67.3 Å². The zero-order valence-corrected chi connectivity index (χ0v) is 39.7. The molecule has 0 bridgehead atoms. The van der Waals surface area contributed by atoms with E-state index >= 15 is 0 Å². The van der Waals surface area contributed by atoms with Crippen molar-refractivity contribution in [3.05, 3.63) is 12.2 Å². The summed E-state index contributed by atoms with van der Waals surface area (Å²) in [6, 6.07) is -0.809. The second kappa shape index (κ2) is 24.1. The Morgan fingerprint density at radius 1 is 0.906 bits per heavy atom. The van der Waals surface area contributed by atoms with Crippen molar-refractivity contribution in [1.29, 1.82) is 0 Å². The lowest BCUT2D eigenvalue weighted by Gasteiger charge is -2.50. The first-order valence-electron chi connectivity index (χ1n) is 22.9. The Hall–Kier alpha value is -3.07. The fourth-order valence-electron chi connectivity index (χ4n) is 9.04. The van der Waals surface area contributed by atoms with Crippen LogP contribution in [0.5, 0.6) is 0 Å². The molecule has 0 saturated carbocycles. The summed E-state index contributed by atoms with van der Waals surface area (Å²) < 4.78 is 61.1. The summed E-state index contributed by atoms with van der Waals surface area (Å²) in [4.78, 5) is 66.2. The van der Waals surface area contributed by atoms with Crippen LogP contribution >= 0.6 is 0 Å². The number of methoxy groups -OCH3 is 1. The van der Waals surface area contributed by atoms with E-state index in [0.717, 1.165) is 6.29 Å². The van der Waals surface area contributed by atoms with Crippen LogP contribution in [0, 0.1) is 17.8 Å². The van der Waals surface area contributed by atoms with E-state index in [1.54, 1.807) is 66.6 Å². The highest BCUT2D eigenvalue weighted by Gasteiger charge is 2.53. The van der Waals surface area contributed by atoms with Crippen LogP contribution in [-0.4, -0.2) is 164 Å². The van der Waals surface area contributed by atoms with Crippen LogP contribution in [0.4, 0.5) is 0 Å². The van der Waals surface area contributed by atoms with Crippen LogP contribution in [0.1, 0.15) is 114 Å². The number of esters is 4. The summed E-state index contributed by atoms with van der Waals surface area (Å²) >= 11 is 0. The van der Waals surface area contributed by atoms with Crippen molar-refractivity contribution in [3.8, 4) is 0 Å². The standard InChI is InChI=1S/C46H75NO17/c1-13-34(49)60-30-15-16-31-32(59-31)21-26(6)56-37(52)22-33(61-35(50)14-2)43(55-12)42(29(17-18-48)20-25(30)5)64-45-40(53)39(47(10)11)41(27(7)58-45)63-38-23-46(9,54)44(28(8)57-38)62-36(51)19-24(3)4/h15-16,18,24-33,38-45,53-54H,13-14,17,19-23H2,1-12H3/t25-,26-,27-,28+,29+,30?,31-,32-,33-,38+,39+,40+,41+,42?,43-,44+,45-,46+/m1/s1. The third-order valence-electron chi connectivity index (χ3n) is 12.4. The predicted octanol–water partition coefficient (Wildman–Crippen LogP) is 3.58. The molecule has 366 valence electrons. The zero-order valence-electron chi connectivity index (χ0n) is 39.7. The Morgan fingerprint density at radius 2 is 1.58 bits per heavy atom. The van der Waals surface area contributed by atoms with E-state index in [1.807, 2.05) is 26.8 Å².